The van der Waals surface area contributed by atoms with Crippen LogP contribution in [0.4, 0.5) is 4.39 Å². The zero-order valence-corrected chi connectivity index (χ0v) is 12.0. The van der Waals surface area contributed by atoms with Gasteiger partial charge in [-0.1, -0.05) is 42.8 Å². The normalized spacial score (nSPS) is 12.2. The average Bonchev–Trinajstić information content (AvgIpc) is 2.48. The van der Waals surface area contributed by atoms with E-state index >= 15 is 0 Å². The molecule has 0 bridgehead atoms. The highest BCUT2D eigenvalue weighted by Crippen LogP contribution is 2.21. The second-order valence-electron chi connectivity index (χ2n) is 4.59. The predicted molar refractivity (Wildman–Crippen MR) is 79.4 cm³/mol. The van der Waals surface area contributed by atoms with Crippen molar-refractivity contribution in [2.45, 2.75) is 26.0 Å². The van der Waals surface area contributed by atoms with Crippen molar-refractivity contribution in [1.29, 1.82) is 0 Å². The van der Waals surface area contributed by atoms with Crippen LogP contribution in [0.2, 0.25) is 5.02 Å². The molecule has 0 fully saturated rings. The van der Waals surface area contributed by atoms with Crippen molar-refractivity contribution >= 4 is 11.6 Å². The molecule has 106 valence electrons. The van der Waals surface area contributed by atoms with Gasteiger partial charge in [0.1, 0.15) is 18.2 Å². The lowest BCUT2D eigenvalue weighted by atomic mass is 10.1. The Morgan fingerprint density at radius 3 is 2.55 bits per heavy atom. The minimum absolute atomic E-state index is 0.0365. The second-order valence-corrected chi connectivity index (χ2v) is 4.99. The molecule has 2 aromatic carbocycles. The van der Waals surface area contributed by atoms with Gasteiger partial charge in [-0.15, -0.1) is 0 Å². The number of ether oxygens (including phenoxy) is 1. The smallest absolute Gasteiger partial charge is 0.148 e. The molecular weight excluding hydrogens is 277 g/mol. The first-order valence-corrected chi connectivity index (χ1v) is 6.91. The first-order valence-electron chi connectivity index (χ1n) is 6.53. The fraction of sp³-hybridized carbons (Fsp3) is 0.250. The van der Waals surface area contributed by atoms with Crippen molar-refractivity contribution in [2.75, 3.05) is 0 Å². The van der Waals surface area contributed by atoms with Gasteiger partial charge in [-0.25, -0.2) is 4.39 Å². The molecule has 2 rings (SSSR count). The lowest BCUT2D eigenvalue weighted by Gasteiger charge is -2.11. The minimum Gasteiger partial charge on any atom is -0.489 e. The molecule has 0 saturated heterocycles. The highest BCUT2D eigenvalue weighted by Gasteiger charge is 2.07. The van der Waals surface area contributed by atoms with Gasteiger partial charge < -0.3 is 10.5 Å². The molecule has 0 unspecified atom stereocenters. The monoisotopic (exact) mass is 293 g/mol. The van der Waals surface area contributed by atoms with Crippen molar-refractivity contribution in [2.24, 2.45) is 5.73 Å². The summed E-state index contributed by atoms with van der Waals surface area (Å²) in [6.07, 6.45) is 0.883. The van der Waals surface area contributed by atoms with Crippen molar-refractivity contribution in [3.8, 4) is 5.75 Å². The predicted octanol–water partition coefficient (Wildman–Crippen LogP) is 4.47. The molecule has 20 heavy (non-hydrogen) atoms. The van der Waals surface area contributed by atoms with Crippen molar-refractivity contribution < 1.29 is 9.13 Å². The van der Waals surface area contributed by atoms with E-state index in [0.717, 1.165) is 12.0 Å². The molecule has 2 N–H and O–H groups in total. The molecule has 1 atom stereocenters. The average molecular weight is 294 g/mol. The van der Waals surface area contributed by atoms with Crippen LogP contribution in [0.3, 0.4) is 0 Å². The van der Waals surface area contributed by atoms with Crippen LogP contribution < -0.4 is 10.5 Å². The number of hydrogen-bond acceptors (Lipinski definition) is 2. The summed E-state index contributed by atoms with van der Waals surface area (Å²) in [4.78, 5) is 0. The Bertz CT molecular complexity index is 571. The molecule has 4 heteroatoms. The maximum atomic E-state index is 13.7. The van der Waals surface area contributed by atoms with Crippen LogP contribution in [-0.4, -0.2) is 0 Å². The summed E-state index contributed by atoms with van der Waals surface area (Å²) in [6, 6.07) is 12.4. The number of hydrogen-bond donors (Lipinski definition) is 1. The molecule has 0 radical (unpaired) electrons. The molecule has 0 heterocycles. The van der Waals surface area contributed by atoms with Gasteiger partial charge >= 0.3 is 0 Å². The Labute approximate surface area is 123 Å². The van der Waals surface area contributed by atoms with Gasteiger partial charge in [-0.2, -0.15) is 0 Å². The van der Waals surface area contributed by atoms with E-state index in [9.17, 15) is 4.39 Å². The van der Waals surface area contributed by atoms with E-state index < -0.39 is 5.82 Å². The molecule has 2 aromatic rings. The van der Waals surface area contributed by atoms with Crippen LogP contribution in [0.25, 0.3) is 0 Å². The first-order chi connectivity index (χ1) is 9.61. The third kappa shape index (κ3) is 3.50. The van der Waals surface area contributed by atoms with Crippen LogP contribution in [0.5, 0.6) is 5.75 Å². The Balaban J connectivity index is 2.02. The maximum absolute atomic E-state index is 13.7. The van der Waals surface area contributed by atoms with E-state index in [-0.39, 0.29) is 17.7 Å². The standard InChI is InChI=1S/C16H17ClFNO/c1-2-15(19)11-6-8-13(9-7-11)20-10-12-4-3-5-14(17)16(12)18/h3-9,15H,2,10,19H2,1H3/t15-/m1/s1. The fourth-order valence-electron chi connectivity index (χ4n) is 1.87. The first kappa shape index (κ1) is 14.8. The third-order valence-electron chi connectivity index (χ3n) is 3.17. The Hall–Kier alpha value is -1.58. The van der Waals surface area contributed by atoms with Gasteiger partial charge in [-0.05, 0) is 30.2 Å². The SMILES string of the molecule is CC[C@@H](N)c1ccc(OCc2cccc(Cl)c2F)cc1. The lowest BCUT2D eigenvalue weighted by molar-refractivity contribution is 0.299. The van der Waals surface area contributed by atoms with E-state index in [0.29, 0.717) is 11.3 Å². The number of rotatable bonds is 5. The zero-order chi connectivity index (χ0) is 14.5. The maximum Gasteiger partial charge on any atom is 0.148 e. The van der Waals surface area contributed by atoms with Gasteiger partial charge in [0, 0.05) is 11.6 Å². The van der Waals surface area contributed by atoms with Crippen LogP contribution in [0.15, 0.2) is 42.5 Å². The van der Waals surface area contributed by atoms with E-state index in [1.807, 2.05) is 31.2 Å². The summed E-state index contributed by atoms with van der Waals surface area (Å²) >= 11 is 5.72. The minimum atomic E-state index is -0.432. The van der Waals surface area contributed by atoms with Crippen molar-refractivity contribution in [3.05, 3.63) is 64.4 Å². The van der Waals surface area contributed by atoms with Gasteiger partial charge in [0.2, 0.25) is 0 Å². The largest absolute Gasteiger partial charge is 0.489 e. The Morgan fingerprint density at radius 1 is 1.20 bits per heavy atom. The van der Waals surface area contributed by atoms with Gasteiger partial charge in [-0.3, -0.25) is 0 Å². The van der Waals surface area contributed by atoms with E-state index in [1.54, 1.807) is 12.1 Å². The second kappa shape index (κ2) is 6.73. The van der Waals surface area contributed by atoms with E-state index in [1.165, 1.54) is 6.07 Å². The number of halogens is 2. The van der Waals surface area contributed by atoms with E-state index in [2.05, 4.69) is 0 Å². The fourth-order valence-corrected chi connectivity index (χ4v) is 2.06. The zero-order valence-electron chi connectivity index (χ0n) is 11.3. The molecule has 0 amide bonds. The number of benzene rings is 2. The quantitative estimate of drug-likeness (QED) is 0.883. The summed E-state index contributed by atoms with van der Waals surface area (Å²) in [5, 5.41) is 0.107. The summed E-state index contributed by atoms with van der Waals surface area (Å²) in [7, 11) is 0. The van der Waals surface area contributed by atoms with Gasteiger partial charge in [0.15, 0.2) is 0 Å². The van der Waals surface area contributed by atoms with Crippen molar-refractivity contribution in [1.82, 2.24) is 0 Å². The highest BCUT2D eigenvalue weighted by molar-refractivity contribution is 6.30. The molecule has 2 nitrogen and oxygen atoms in total. The Morgan fingerprint density at radius 2 is 1.90 bits per heavy atom. The van der Waals surface area contributed by atoms with Crippen LogP contribution in [0.1, 0.15) is 30.5 Å². The molecule has 0 aliphatic heterocycles. The third-order valence-corrected chi connectivity index (χ3v) is 3.47. The molecular formula is C16H17ClFNO. The summed E-state index contributed by atoms with van der Waals surface area (Å²) in [6.45, 7) is 2.18. The summed E-state index contributed by atoms with van der Waals surface area (Å²) < 4.78 is 19.2. The molecule has 0 aromatic heterocycles. The number of nitrogens with two attached hydrogens (primary N) is 1. The van der Waals surface area contributed by atoms with Gasteiger partial charge in [0.05, 0.1) is 5.02 Å². The molecule has 0 saturated carbocycles. The van der Waals surface area contributed by atoms with E-state index in [4.69, 9.17) is 22.1 Å². The van der Waals surface area contributed by atoms with Crippen LogP contribution in [0, 0.1) is 5.82 Å². The lowest BCUT2D eigenvalue weighted by Crippen LogP contribution is -2.08. The van der Waals surface area contributed by atoms with Crippen LogP contribution >= 0.6 is 11.6 Å². The highest BCUT2D eigenvalue weighted by atomic mass is 35.5. The van der Waals surface area contributed by atoms with Gasteiger partial charge in [0.25, 0.3) is 0 Å². The topological polar surface area (TPSA) is 35.2 Å². The molecule has 0 aliphatic carbocycles. The Kier molecular flexibility index (Phi) is 4.99. The summed E-state index contributed by atoms with van der Waals surface area (Å²) in [5.74, 6) is 0.246. The van der Waals surface area contributed by atoms with Crippen molar-refractivity contribution in [3.63, 3.8) is 0 Å². The molecule has 0 aliphatic rings. The summed E-state index contributed by atoms with van der Waals surface area (Å²) in [5.41, 5.74) is 7.44. The molecule has 0 spiro atoms. The van der Waals surface area contributed by atoms with Crippen LogP contribution in [-0.2, 0) is 6.61 Å².